The maximum Gasteiger partial charge on any atom is 0.317 e. The molecule has 1 N–H and O–H groups in total. The molecule has 2 amide bonds. The summed E-state index contributed by atoms with van der Waals surface area (Å²) in [5.41, 5.74) is 2.07. The molecule has 0 aromatic carbocycles. The SMILES string of the molecule is CC(C)Cn1c(C2CCN(C(=O)NCC3CCCO3)C2)nc2ccncc21. The Balaban J connectivity index is 1.45. The summed E-state index contributed by atoms with van der Waals surface area (Å²) in [5.74, 6) is 1.87. The number of carbonyl (C=O) groups excluding carboxylic acids is 1. The van der Waals surface area contributed by atoms with Gasteiger partial charge in [0.15, 0.2) is 0 Å². The largest absolute Gasteiger partial charge is 0.376 e. The van der Waals surface area contributed by atoms with Crippen LogP contribution in [-0.4, -0.2) is 57.8 Å². The number of amides is 2. The van der Waals surface area contributed by atoms with E-state index >= 15 is 0 Å². The van der Waals surface area contributed by atoms with Gasteiger partial charge in [-0.15, -0.1) is 0 Å². The average molecular weight is 371 g/mol. The van der Waals surface area contributed by atoms with Crippen LogP contribution < -0.4 is 5.32 Å². The third-order valence-electron chi connectivity index (χ3n) is 5.47. The summed E-state index contributed by atoms with van der Waals surface area (Å²) in [4.78, 5) is 23.6. The molecule has 2 aromatic rings. The molecule has 2 unspecified atom stereocenters. The van der Waals surface area contributed by atoms with E-state index in [2.05, 4.69) is 28.7 Å². The van der Waals surface area contributed by atoms with Crippen LogP contribution in [0.15, 0.2) is 18.5 Å². The van der Waals surface area contributed by atoms with Gasteiger partial charge in [0.2, 0.25) is 0 Å². The molecule has 0 bridgehead atoms. The van der Waals surface area contributed by atoms with Crippen LogP contribution in [0.25, 0.3) is 11.0 Å². The molecule has 0 aliphatic carbocycles. The summed E-state index contributed by atoms with van der Waals surface area (Å²) in [7, 11) is 0. The van der Waals surface area contributed by atoms with Gasteiger partial charge in [-0.05, 0) is 31.2 Å². The Morgan fingerprint density at radius 1 is 1.41 bits per heavy atom. The Bertz CT molecular complexity index is 797. The highest BCUT2D eigenvalue weighted by Gasteiger charge is 2.31. The molecule has 7 heteroatoms. The molecule has 2 fully saturated rings. The summed E-state index contributed by atoms with van der Waals surface area (Å²) < 4.78 is 7.89. The fourth-order valence-corrected chi connectivity index (χ4v) is 4.13. The number of nitrogens with zero attached hydrogens (tertiary/aromatic N) is 4. The van der Waals surface area contributed by atoms with E-state index in [0.29, 0.717) is 19.0 Å². The van der Waals surface area contributed by atoms with Crippen molar-refractivity contribution in [2.75, 3.05) is 26.2 Å². The maximum absolute atomic E-state index is 12.5. The summed E-state index contributed by atoms with van der Waals surface area (Å²) >= 11 is 0. The Kier molecular flexibility index (Phi) is 5.29. The highest BCUT2D eigenvalue weighted by molar-refractivity contribution is 5.76. The zero-order valence-corrected chi connectivity index (χ0v) is 16.2. The molecule has 2 atom stereocenters. The number of urea groups is 1. The Labute approximate surface area is 160 Å². The van der Waals surface area contributed by atoms with Crippen LogP contribution in [0.5, 0.6) is 0 Å². The molecule has 0 radical (unpaired) electrons. The normalized spacial score (nSPS) is 22.9. The number of fused-ring (bicyclic) bond motifs is 1. The molecule has 2 aliphatic heterocycles. The summed E-state index contributed by atoms with van der Waals surface area (Å²) in [5, 5.41) is 3.04. The lowest BCUT2D eigenvalue weighted by atomic mass is 10.1. The van der Waals surface area contributed by atoms with Crippen LogP contribution in [0.4, 0.5) is 4.79 Å². The number of carbonyl (C=O) groups is 1. The molecule has 146 valence electrons. The summed E-state index contributed by atoms with van der Waals surface area (Å²) in [6, 6.07) is 1.98. The monoisotopic (exact) mass is 371 g/mol. The highest BCUT2D eigenvalue weighted by atomic mass is 16.5. The van der Waals surface area contributed by atoms with Crippen molar-refractivity contribution in [1.29, 1.82) is 0 Å². The molecular formula is C20H29N5O2. The van der Waals surface area contributed by atoms with Crippen LogP contribution >= 0.6 is 0 Å². The standard InChI is InChI=1S/C20H29N5O2/c1-14(2)12-25-18-11-21-7-5-17(18)23-19(25)15-6-8-24(13-15)20(26)22-10-16-4-3-9-27-16/h5,7,11,14-16H,3-4,6,8-10,12-13H2,1-2H3,(H,22,26). The predicted octanol–water partition coefficient (Wildman–Crippen LogP) is 2.77. The van der Waals surface area contributed by atoms with Crippen LogP contribution in [0.3, 0.4) is 0 Å². The molecule has 27 heavy (non-hydrogen) atoms. The molecule has 0 saturated carbocycles. The fraction of sp³-hybridized carbons (Fsp3) is 0.650. The number of hydrogen-bond donors (Lipinski definition) is 1. The minimum absolute atomic E-state index is 0.0150. The van der Waals surface area contributed by atoms with Crippen LogP contribution in [0.2, 0.25) is 0 Å². The molecule has 4 heterocycles. The van der Waals surface area contributed by atoms with E-state index in [4.69, 9.17) is 9.72 Å². The second kappa shape index (κ2) is 7.84. The first-order valence-corrected chi connectivity index (χ1v) is 10.1. The molecule has 7 nitrogen and oxygen atoms in total. The fourth-order valence-electron chi connectivity index (χ4n) is 4.13. The van der Waals surface area contributed by atoms with E-state index in [-0.39, 0.29) is 18.1 Å². The number of nitrogens with one attached hydrogen (secondary N) is 1. The smallest absolute Gasteiger partial charge is 0.317 e. The minimum atomic E-state index is 0.0150. The zero-order valence-electron chi connectivity index (χ0n) is 16.2. The first-order chi connectivity index (χ1) is 13.1. The minimum Gasteiger partial charge on any atom is -0.376 e. The number of likely N-dealkylation sites (tertiary alicyclic amines) is 1. The van der Waals surface area contributed by atoms with Crippen molar-refractivity contribution >= 4 is 17.1 Å². The van der Waals surface area contributed by atoms with Gasteiger partial charge in [0.1, 0.15) is 5.82 Å². The number of pyridine rings is 1. The topological polar surface area (TPSA) is 72.3 Å². The summed E-state index contributed by atoms with van der Waals surface area (Å²) in [6.45, 7) is 8.25. The second-order valence-electron chi connectivity index (χ2n) is 8.09. The van der Waals surface area contributed by atoms with E-state index in [1.807, 2.05) is 17.2 Å². The van der Waals surface area contributed by atoms with Gasteiger partial charge in [0.05, 0.1) is 23.3 Å². The van der Waals surface area contributed by atoms with Crippen molar-refractivity contribution in [3.8, 4) is 0 Å². The van der Waals surface area contributed by atoms with Crippen LogP contribution in [-0.2, 0) is 11.3 Å². The van der Waals surface area contributed by atoms with Gasteiger partial charge in [-0.1, -0.05) is 13.8 Å². The number of hydrogen-bond acceptors (Lipinski definition) is 4. The molecular weight excluding hydrogens is 342 g/mol. The first-order valence-electron chi connectivity index (χ1n) is 10.1. The van der Waals surface area contributed by atoms with Crippen molar-refractivity contribution in [2.45, 2.75) is 51.7 Å². The third-order valence-corrected chi connectivity index (χ3v) is 5.47. The first kappa shape index (κ1) is 18.2. The van der Waals surface area contributed by atoms with E-state index in [1.165, 1.54) is 0 Å². The number of rotatable bonds is 5. The molecule has 0 spiro atoms. The van der Waals surface area contributed by atoms with Crippen molar-refractivity contribution in [3.63, 3.8) is 0 Å². The van der Waals surface area contributed by atoms with E-state index in [9.17, 15) is 4.79 Å². The zero-order chi connectivity index (χ0) is 18.8. The van der Waals surface area contributed by atoms with Crippen LogP contribution in [0, 0.1) is 5.92 Å². The van der Waals surface area contributed by atoms with Gasteiger partial charge in [-0.2, -0.15) is 0 Å². The van der Waals surface area contributed by atoms with Gasteiger partial charge in [0, 0.05) is 44.9 Å². The van der Waals surface area contributed by atoms with E-state index in [0.717, 1.165) is 55.8 Å². The van der Waals surface area contributed by atoms with E-state index in [1.54, 1.807) is 6.20 Å². The molecule has 2 aromatic heterocycles. The average Bonchev–Trinajstić information content (AvgIpc) is 3.39. The Morgan fingerprint density at radius 3 is 3.07 bits per heavy atom. The lowest BCUT2D eigenvalue weighted by Crippen LogP contribution is -2.41. The Morgan fingerprint density at radius 2 is 2.30 bits per heavy atom. The lowest BCUT2D eigenvalue weighted by molar-refractivity contribution is 0.109. The van der Waals surface area contributed by atoms with Crippen molar-refractivity contribution in [3.05, 3.63) is 24.3 Å². The third kappa shape index (κ3) is 3.93. The van der Waals surface area contributed by atoms with Crippen LogP contribution in [0.1, 0.15) is 44.9 Å². The van der Waals surface area contributed by atoms with Gasteiger partial charge in [0.25, 0.3) is 0 Å². The quantitative estimate of drug-likeness (QED) is 0.877. The van der Waals surface area contributed by atoms with E-state index < -0.39 is 0 Å². The maximum atomic E-state index is 12.5. The van der Waals surface area contributed by atoms with Crippen molar-refractivity contribution < 1.29 is 9.53 Å². The van der Waals surface area contributed by atoms with Gasteiger partial charge in [-0.25, -0.2) is 9.78 Å². The van der Waals surface area contributed by atoms with Gasteiger partial charge in [-0.3, -0.25) is 4.98 Å². The predicted molar refractivity (Wildman–Crippen MR) is 104 cm³/mol. The lowest BCUT2D eigenvalue weighted by Gasteiger charge is -2.19. The molecule has 2 aliphatic rings. The van der Waals surface area contributed by atoms with Gasteiger partial charge < -0.3 is 19.5 Å². The van der Waals surface area contributed by atoms with Crippen molar-refractivity contribution in [2.24, 2.45) is 5.92 Å². The number of ether oxygens (including phenoxy) is 1. The van der Waals surface area contributed by atoms with Crippen molar-refractivity contribution in [1.82, 2.24) is 24.8 Å². The molecule has 4 rings (SSSR count). The number of imidazole rings is 1. The highest BCUT2D eigenvalue weighted by Crippen LogP contribution is 2.30. The van der Waals surface area contributed by atoms with Gasteiger partial charge >= 0.3 is 6.03 Å². The summed E-state index contributed by atoms with van der Waals surface area (Å²) in [6.07, 6.45) is 6.94. The second-order valence-corrected chi connectivity index (χ2v) is 8.09. The molecule has 2 saturated heterocycles. The Hall–Kier alpha value is -2.15. The number of aromatic nitrogens is 3.